The number of guanidine groups is 1. The maximum absolute atomic E-state index is 5.97. The van der Waals surface area contributed by atoms with E-state index in [1.54, 1.807) is 0 Å². The molecule has 2 aliphatic rings. The average Bonchev–Trinajstić information content (AvgIpc) is 3.00. The molecule has 2 aliphatic carbocycles. The Balaban J connectivity index is 1.53. The Bertz CT molecular complexity index is 427. The number of nitrogens with one attached hydrogen (secondary N) is 1. The summed E-state index contributed by atoms with van der Waals surface area (Å²) in [5.41, 5.74) is 7.18. The van der Waals surface area contributed by atoms with Crippen molar-refractivity contribution in [3.05, 3.63) is 35.9 Å². The van der Waals surface area contributed by atoms with Crippen LogP contribution in [0.5, 0.6) is 0 Å². The highest BCUT2D eigenvalue weighted by Gasteiger charge is 2.39. The Labute approximate surface area is 108 Å². The van der Waals surface area contributed by atoms with Gasteiger partial charge in [0.15, 0.2) is 5.96 Å². The van der Waals surface area contributed by atoms with Crippen molar-refractivity contribution >= 4 is 5.96 Å². The van der Waals surface area contributed by atoms with E-state index in [2.05, 4.69) is 22.4 Å². The minimum atomic E-state index is 0.572. The Morgan fingerprint density at radius 2 is 2.06 bits per heavy atom. The zero-order valence-electron chi connectivity index (χ0n) is 10.7. The van der Waals surface area contributed by atoms with Gasteiger partial charge in [-0.2, -0.15) is 0 Å². The molecule has 2 bridgehead atoms. The van der Waals surface area contributed by atoms with Crippen LogP contribution >= 0.6 is 0 Å². The van der Waals surface area contributed by atoms with E-state index in [0.29, 0.717) is 18.5 Å². The molecule has 2 fully saturated rings. The Kier molecular flexibility index (Phi) is 3.22. The molecule has 3 N–H and O–H groups in total. The van der Waals surface area contributed by atoms with Gasteiger partial charge in [0.25, 0.3) is 0 Å². The summed E-state index contributed by atoms with van der Waals surface area (Å²) in [4.78, 5) is 4.42. The van der Waals surface area contributed by atoms with E-state index >= 15 is 0 Å². The third-order valence-corrected chi connectivity index (χ3v) is 4.35. The maximum Gasteiger partial charge on any atom is 0.189 e. The molecule has 3 unspecified atom stereocenters. The molecule has 1 aromatic carbocycles. The van der Waals surface area contributed by atoms with Crippen molar-refractivity contribution in [1.82, 2.24) is 5.32 Å². The standard InChI is InChI=1S/C15H21N3/c16-15(17-10-11-4-2-1-3-5-11)18-14-9-12-6-7-13(14)8-12/h1-5,12-14H,6-10H2,(H3,16,17,18). The summed E-state index contributed by atoms with van der Waals surface area (Å²) in [5.74, 6) is 2.38. The fourth-order valence-corrected chi connectivity index (χ4v) is 3.42. The van der Waals surface area contributed by atoms with Crippen LogP contribution in [0.15, 0.2) is 35.3 Å². The summed E-state index contributed by atoms with van der Waals surface area (Å²) < 4.78 is 0. The van der Waals surface area contributed by atoms with Crippen LogP contribution in [-0.2, 0) is 6.54 Å². The normalized spacial score (nSPS) is 30.7. The van der Waals surface area contributed by atoms with Gasteiger partial charge in [-0.1, -0.05) is 36.8 Å². The SMILES string of the molecule is NC(=NCc1ccccc1)NC1CC2CCC1C2. The topological polar surface area (TPSA) is 50.4 Å². The fraction of sp³-hybridized carbons (Fsp3) is 0.533. The Hall–Kier alpha value is -1.51. The van der Waals surface area contributed by atoms with Crippen molar-refractivity contribution in [3.8, 4) is 0 Å². The lowest BCUT2D eigenvalue weighted by Gasteiger charge is -2.23. The number of aliphatic imine (C=N–C) groups is 1. The van der Waals surface area contributed by atoms with Gasteiger partial charge < -0.3 is 11.1 Å². The van der Waals surface area contributed by atoms with Gasteiger partial charge in [0.05, 0.1) is 6.54 Å². The van der Waals surface area contributed by atoms with Crippen molar-refractivity contribution in [2.24, 2.45) is 22.6 Å². The molecule has 1 aromatic rings. The van der Waals surface area contributed by atoms with Crippen LogP contribution < -0.4 is 11.1 Å². The molecule has 0 radical (unpaired) electrons. The van der Waals surface area contributed by atoms with Crippen LogP contribution in [0.2, 0.25) is 0 Å². The molecule has 18 heavy (non-hydrogen) atoms. The zero-order valence-corrected chi connectivity index (χ0v) is 10.7. The molecule has 3 rings (SSSR count). The summed E-state index contributed by atoms with van der Waals surface area (Å²) >= 11 is 0. The van der Waals surface area contributed by atoms with Gasteiger partial charge in [0.1, 0.15) is 0 Å². The second-order valence-electron chi connectivity index (χ2n) is 5.61. The largest absolute Gasteiger partial charge is 0.370 e. The molecule has 0 saturated heterocycles. The quantitative estimate of drug-likeness (QED) is 0.632. The van der Waals surface area contributed by atoms with E-state index in [-0.39, 0.29) is 0 Å². The maximum atomic E-state index is 5.97. The highest BCUT2D eigenvalue weighted by Crippen LogP contribution is 2.44. The summed E-state index contributed by atoms with van der Waals surface area (Å²) in [5, 5.41) is 3.41. The molecule has 0 amide bonds. The molecule has 3 heteroatoms. The second kappa shape index (κ2) is 5.01. The van der Waals surface area contributed by atoms with Gasteiger partial charge >= 0.3 is 0 Å². The van der Waals surface area contributed by atoms with Gasteiger partial charge in [-0.15, -0.1) is 0 Å². The van der Waals surface area contributed by atoms with Gasteiger partial charge in [0.2, 0.25) is 0 Å². The van der Waals surface area contributed by atoms with Crippen molar-refractivity contribution < 1.29 is 0 Å². The van der Waals surface area contributed by atoms with Gasteiger partial charge in [0, 0.05) is 6.04 Å². The lowest BCUT2D eigenvalue weighted by atomic mass is 9.95. The van der Waals surface area contributed by atoms with Crippen molar-refractivity contribution in [2.45, 2.75) is 38.3 Å². The molecule has 96 valence electrons. The number of fused-ring (bicyclic) bond motifs is 2. The third-order valence-electron chi connectivity index (χ3n) is 4.35. The number of rotatable bonds is 3. The summed E-state index contributed by atoms with van der Waals surface area (Å²) in [6.45, 7) is 0.667. The van der Waals surface area contributed by atoms with Crippen LogP contribution in [0.25, 0.3) is 0 Å². The number of hydrogen-bond acceptors (Lipinski definition) is 1. The number of nitrogens with zero attached hydrogens (tertiary/aromatic N) is 1. The Morgan fingerprint density at radius 3 is 2.72 bits per heavy atom. The van der Waals surface area contributed by atoms with Crippen LogP contribution in [0.4, 0.5) is 0 Å². The summed E-state index contributed by atoms with van der Waals surface area (Å²) in [6, 6.07) is 10.8. The first-order valence-electron chi connectivity index (χ1n) is 6.91. The van der Waals surface area contributed by atoms with Crippen LogP contribution in [0, 0.1) is 11.8 Å². The minimum absolute atomic E-state index is 0.572. The van der Waals surface area contributed by atoms with Crippen molar-refractivity contribution in [2.75, 3.05) is 0 Å². The van der Waals surface area contributed by atoms with Crippen LogP contribution in [0.3, 0.4) is 0 Å². The number of benzene rings is 1. The first-order chi connectivity index (χ1) is 8.81. The second-order valence-corrected chi connectivity index (χ2v) is 5.61. The molecule has 0 spiro atoms. The van der Waals surface area contributed by atoms with E-state index < -0.39 is 0 Å². The van der Waals surface area contributed by atoms with E-state index in [1.807, 2.05) is 18.2 Å². The smallest absolute Gasteiger partial charge is 0.189 e. The van der Waals surface area contributed by atoms with E-state index in [0.717, 1.165) is 11.8 Å². The van der Waals surface area contributed by atoms with Crippen molar-refractivity contribution in [3.63, 3.8) is 0 Å². The molecule has 0 aliphatic heterocycles. The summed E-state index contributed by atoms with van der Waals surface area (Å²) in [7, 11) is 0. The summed E-state index contributed by atoms with van der Waals surface area (Å²) in [6.07, 6.45) is 5.47. The molecular weight excluding hydrogens is 222 g/mol. The lowest BCUT2D eigenvalue weighted by Crippen LogP contribution is -2.42. The van der Waals surface area contributed by atoms with E-state index in [9.17, 15) is 0 Å². The van der Waals surface area contributed by atoms with E-state index in [1.165, 1.54) is 31.2 Å². The molecule has 3 atom stereocenters. The monoisotopic (exact) mass is 243 g/mol. The molecule has 2 saturated carbocycles. The minimum Gasteiger partial charge on any atom is -0.370 e. The molecule has 0 heterocycles. The highest BCUT2D eigenvalue weighted by molar-refractivity contribution is 5.78. The van der Waals surface area contributed by atoms with Crippen LogP contribution in [-0.4, -0.2) is 12.0 Å². The fourth-order valence-electron chi connectivity index (χ4n) is 3.42. The predicted molar refractivity (Wildman–Crippen MR) is 74.1 cm³/mol. The Morgan fingerprint density at radius 1 is 1.22 bits per heavy atom. The third kappa shape index (κ3) is 2.50. The first kappa shape index (κ1) is 11.6. The molecule has 0 aromatic heterocycles. The average molecular weight is 243 g/mol. The van der Waals surface area contributed by atoms with Gasteiger partial charge in [-0.25, -0.2) is 4.99 Å². The van der Waals surface area contributed by atoms with Gasteiger partial charge in [-0.3, -0.25) is 0 Å². The number of nitrogens with two attached hydrogens (primary N) is 1. The van der Waals surface area contributed by atoms with E-state index in [4.69, 9.17) is 5.73 Å². The zero-order chi connectivity index (χ0) is 12.4. The highest BCUT2D eigenvalue weighted by atomic mass is 15.1. The lowest BCUT2D eigenvalue weighted by molar-refractivity contribution is 0.389. The van der Waals surface area contributed by atoms with Crippen LogP contribution in [0.1, 0.15) is 31.2 Å². The number of hydrogen-bond donors (Lipinski definition) is 2. The van der Waals surface area contributed by atoms with Gasteiger partial charge in [-0.05, 0) is 36.7 Å². The first-order valence-corrected chi connectivity index (χ1v) is 6.91. The predicted octanol–water partition coefficient (Wildman–Crippen LogP) is 2.28. The molecular formula is C15H21N3. The molecule has 3 nitrogen and oxygen atoms in total. The van der Waals surface area contributed by atoms with Crippen molar-refractivity contribution in [1.29, 1.82) is 0 Å².